The summed E-state index contributed by atoms with van der Waals surface area (Å²) in [5, 5.41) is 12.6. The Morgan fingerprint density at radius 1 is 1.24 bits per heavy atom. The highest BCUT2D eigenvalue weighted by Crippen LogP contribution is 2.38. The summed E-state index contributed by atoms with van der Waals surface area (Å²) in [6.07, 6.45) is 3.76. The summed E-state index contributed by atoms with van der Waals surface area (Å²) < 4.78 is 35.0. The third-order valence-electron chi connectivity index (χ3n) is 5.59. The van der Waals surface area contributed by atoms with Crippen molar-refractivity contribution in [1.29, 1.82) is 0 Å². The van der Waals surface area contributed by atoms with Gasteiger partial charge in [-0.05, 0) is 48.4 Å². The second kappa shape index (κ2) is 9.72. The smallest absolute Gasteiger partial charge is 0.387 e. The minimum Gasteiger partial charge on any atom is -0.493 e. The number of anilines is 3. The van der Waals surface area contributed by atoms with Crippen LogP contribution in [0.5, 0.6) is 11.5 Å². The van der Waals surface area contributed by atoms with Crippen molar-refractivity contribution in [3.05, 3.63) is 72.1 Å². The van der Waals surface area contributed by atoms with Gasteiger partial charge in [0.25, 0.3) is 0 Å². The number of carboxylic acids is 1. The Hall–Kier alpha value is -3.88. The van der Waals surface area contributed by atoms with Crippen LogP contribution in [0.1, 0.15) is 28.3 Å². The Labute approximate surface area is 189 Å². The monoisotopic (exact) mass is 455 g/mol. The molecule has 3 aromatic rings. The molecule has 0 spiro atoms. The Morgan fingerprint density at radius 2 is 2.00 bits per heavy atom. The molecule has 9 heteroatoms. The molecule has 1 aromatic heterocycles. The molecule has 4 rings (SSSR count). The Bertz CT molecular complexity index is 1120. The van der Waals surface area contributed by atoms with E-state index in [0.717, 1.165) is 29.1 Å². The summed E-state index contributed by atoms with van der Waals surface area (Å²) in [6.45, 7) is -1.77. The predicted octanol–water partition coefficient (Wildman–Crippen LogP) is 5.13. The highest BCUT2D eigenvalue weighted by atomic mass is 19.3. The van der Waals surface area contributed by atoms with Gasteiger partial charge >= 0.3 is 12.6 Å². The number of aromatic carboxylic acids is 1. The molecule has 33 heavy (non-hydrogen) atoms. The molecule has 2 heterocycles. The van der Waals surface area contributed by atoms with E-state index >= 15 is 0 Å². The molecule has 1 atom stereocenters. The minimum atomic E-state index is -2.86. The van der Waals surface area contributed by atoms with Gasteiger partial charge in [-0.3, -0.25) is 4.98 Å². The Morgan fingerprint density at radius 3 is 2.73 bits per heavy atom. The highest BCUT2D eigenvalue weighted by molar-refractivity contribution is 5.93. The van der Waals surface area contributed by atoms with Gasteiger partial charge in [0.15, 0.2) is 0 Å². The lowest BCUT2D eigenvalue weighted by Crippen LogP contribution is -2.22. The van der Waals surface area contributed by atoms with Gasteiger partial charge in [0.05, 0.1) is 24.1 Å². The maximum Gasteiger partial charge on any atom is 0.387 e. The maximum absolute atomic E-state index is 12.4. The van der Waals surface area contributed by atoms with Gasteiger partial charge in [-0.2, -0.15) is 8.78 Å². The minimum absolute atomic E-state index is 0.103. The van der Waals surface area contributed by atoms with E-state index < -0.39 is 12.6 Å². The first-order chi connectivity index (χ1) is 15.9. The van der Waals surface area contributed by atoms with Crippen LogP contribution in [-0.2, 0) is 0 Å². The van der Waals surface area contributed by atoms with E-state index in [9.17, 15) is 18.7 Å². The maximum atomic E-state index is 12.4. The van der Waals surface area contributed by atoms with Crippen molar-refractivity contribution in [2.24, 2.45) is 0 Å². The lowest BCUT2D eigenvalue weighted by molar-refractivity contribution is -0.0498. The average molecular weight is 455 g/mol. The largest absolute Gasteiger partial charge is 0.493 e. The number of hydrogen-bond acceptors (Lipinski definition) is 6. The molecule has 172 valence electrons. The Kier molecular flexibility index (Phi) is 6.58. The summed E-state index contributed by atoms with van der Waals surface area (Å²) >= 11 is 0. The lowest BCUT2D eigenvalue weighted by atomic mass is 9.92. The first kappa shape index (κ1) is 22.3. The number of ether oxygens (including phenoxy) is 2. The molecule has 0 saturated carbocycles. The molecule has 7 nitrogen and oxygen atoms in total. The van der Waals surface area contributed by atoms with Crippen LogP contribution < -0.4 is 19.7 Å². The molecule has 2 aromatic carbocycles. The average Bonchev–Trinajstić information content (AvgIpc) is 2.82. The van der Waals surface area contributed by atoms with Crippen LogP contribution in [0.2, 0.25) is 0 Å². The fourth-order valence-electron chi connectivity index (χ4n) is 3.83. The number of nitrogens with one attached hydrogen (secondary N) is 1. The van der Waals surface area contributed by atoms with Gasteiger partial charge in [-0.1, -0.05) is 6.07 Å². The van der Waals surface area contributed by atoms with Gasteiger partial charge < -0.3 is 24.8 Å². The third-order valence-corrected chi connectivity index (χ3v) is 5.59. The van der Waals surface area contributed by atoms with Gasteiger partial charge in [0, 0.05) is 43.1 Å². The summed E-state index contributed by atoms with van der Waals surface area (Å²) in [5.41, 5.74) is 3.38. The van der Waals surface area contributed by atoms with Gasteiger partial charge in [-0.25, -0.2) is 4.79 Å². The number of hydrogen-bond donors (Lipinski definition) is 2. The molecule has 0 unspecified atom stereocenters. The van der Waals surface area contributed by atoms with Crippen LogP contribution in [-0.4, -0.2) is 42.9 Å². The molecule has 1 aliphatic heterocycles. The van der Waals surface area contributed by atoms with E-state index in [1.54, 1.807) is 12.1 Å². The summed E-state index contributed by atoms with van der Waals surface area (Å²) in [6, 6.07) is 13.8. The third kappa shape index (κ3) is 5.14. The zero-order chi connectivity index (χ0) is 23.4. The van der Waals surface area contributed by atoms with Crippen molar-refractivity contribution in [3.63, 3.8) is 0 Å². The van der Waals surface area contributed by atoms with Crippen LogP contribution in [0.15, 0.2) is 60.9 Å². The summed E-state index contributed by atoms with van der Waals surface area (Å²) in [4.78, 5) is 17.4. The summed E-state index contributed by atoms with van der Waals surface area (Å²) in [5.74, 6) is 0.000121. The van der Waals surface area contributed by atoms with Crippen LogP contribution in [0, 0.1) is 0 Å². The van der Waals surface area contributed by atoms with Crippen LogP contribution in [0.25, 0.3) is 0 Å². The van der Waals surface area contributed by atoms with Crippen molar-refractivity contribution in [2.45, 2.75) is 19.0 Å². The lowest BCUT2D eigenvalue weighted by Gasteiger charge is -2.28. The number of halogens is 2. The van der Waals surface area contributed by atoms with Crippen molar-refractivity contribution < 1.29 is 28.2 Å². The predicted molar refractivity (Wildman–Crippen MR) is 120 cm³/mol. The molecule has 0 fully saturated rings. The van der Waals surface area contributed by atoms with Crippen LogP contribution >= 0.6 is 0 Å². The molecule has 0 bridgehead atoms. The van der Waals surface area contributed by atoms with Gasteiger partial charge in [0.1, 0.15) is 11.5 Å². The fraction of sp³-hybridized carbons (Fsp3) is 0.250. The van der Waals surface area contributed by atoms with Crippen molar-refractivity contribution in [3.8, 4) is 11.5 Å². The van der Waals surface area contributed by atoms with E-state index in [1.165, 1.54) is 30.6 Å². The zero-order valence-corrected chi connectivity index (χ0v) is 17.9. The number of nitrogens with zero attached hydrogens (tertiary/aromatic N) is 2. The Balaban J connectivity index is 1.48. The number of rotatable bonds is 8. The van der Waals surface area contributed by atoms with Crippen LogP contribution in [0.4, 0.5) is 25.8 Å². The number of aromatic nitrogens is 1. The SMILES string of the molecule is CN(c1ccc(OC(F)F)cc1)c1ccc2c(c1)OCC[C@H]2CNc1cnccc1C(=O)O. The van der Waals surface area contributed by atoms with Crippen molar-refractivity contribution in [1.82, 2.24) is 4.98 Å². The van der Waals surface area contributed by atoms with Gasteiger partial charge in [0.2, 0.25) is 0 Å². The zero-order valence-electron chi connectivity index (χ0n) is 17.9. The summed E-state index contributed by atoms with van der Waals surface area (Å²) in [7, 11) is 1.88. The molecule has 1 aliphatic rings. The molecule has 2 N–H and O–H groups in total. The van der Waals surface area contributed by atoms with E-state index in [4.69, 9.17) is 4.74 Å². The molecular formula is C24H23F2N3O4. The fourth-order valence-corrected chi connectivity index (χ4v) is 3.83. The molecular weight excluding hydrogens is 432 g/mol. The highest BCUT2D eigenvalue weighted by Gasteiger charge is 2.23. The first-order valence-electron chi connectivity index (χ1n) is 10.4. The van der Waals surface area contributed by atoms with E-state index in [1.807, 2.05) is 30.1 Å². The number of benzene rings is 2. The number of pyridine rings is 1. The number of alkyl halides is 2. The van der Waals surface area contributed by atoms with E-state index in [-0.39, 0.29) is 17.2 Å². The van der Waals surface area contributed by atoms with Crippen molar-refractivity contribution in [2.75, 3.05) is 30.4 Å². The topological polar surface area (TPSA) is 83.9 Å². The van der Waals surface area contributed by atoms with Gasteiger partial charge in [-0.15, -0.1) is 0 Å². The first-order valence-corrected chi connectivity index (χ1v) is 10.4. The van der Waals surface area contributed by atoms with E-state index in [2.05, 4.69) is 15.0 Å². The van der Waals surface area contributed by atoms with Crippen LogP contribution in [0.3, 0.4) is 0 Å². The quantitative estimate of drug-likeness (QED) is 0.487. The number of fused-ring (bicyclic) bond motifs is 1. The standard InChI is InChI=1S/C24H23F2N3O4/c1-29(16-2-5-18(6-3-16)33-24(25)26)17-4-7-19-15(9-11-32-22(19)12-17)13-28-21-14-27-10-8-20(21)23(30)31/h2-8,10,12,14-15,24,28H,9,11,13H2,1H3,(H,30,31)/t15-/m0/s1. The number of carboxylic acid groups (broad SMARTS) is 1. The molecule has 0 saturated heterocycles. The second-order valence-corrected chi connectivity index (χ2v) is 7.59. The molecule has 0 amide bonds. The normalized spacial score (nSPS) is 14.8. The van der Waals surface area contributed by atoms with Crippen molar-refractivity contribution >= 4 is 23.0 Å². The molecule has 0 radical (unpaired) electrons. The number of carbonyl (C=O) groups is 1. The molecule has 0 aliphatic carbocycles. The van der Waals surface area contributed by atoms with E-state index in [0.29, 0.717) is 18.8 Å². The second-order valence-electron chi connectivity index (χ2n) is 7.59.